The average Bonchev–Trinajstić information content (AvgIpc) is 3.56. The molecule has 0 saturated heterocycles. The fraction of sp³-hybridized carbons (Fsp3) is 0.800. The van der Waals surface area contributed by atoms with Crippen LogP contribution in [0.1, 0.15) is 335 Å². The number of amides is 1. The number of phosphoric ester groups is 1. The molecular weight excluding hydrogens is 1060 g/mol. The number of quaternary nitrogens is 1. The number of aliphatic hydroxyl groups excluding tert-OH is 1. The van der Waals surface area contributed by atoms with Gasteiger partial charge in [-0.1, -0.05) is 336 Å². The first-order chi connectivity index (χ1) is 41.0. The number of carbonyl (C=O) groups is 1. The van der Waals surface area contributed by atoms with Gasteiger partial charge in [-0.15, -0.1) is 0 Å². The van der Waals surface area contributed by atoms with Crippen LogP contribution in [-0.2, 0) is 18.4 Å². The van der Waals surface area contributed by atoms with Crippen molar-refractivity contribution in [2.45, 2.75) is 347 Å². The molecule has 3 unspecified atom stereocenters. The first-order valence-corrected chi connectivity index (χ1v) is 37.5. The summed E-state index contributed by atoms with van der Waals surface area (Å²) in [6, 6.07) is -0.868. The monoisotopic (exact) mass is 1200 g/mol. The molecule has 0 rings (SSSR count). The van der Waals surface area contributed by atoms with Gasteiger partial charge >= 0.3 is 7.82 Å². The van der Waals surface area contributed by atoms with Crippen molar-refractivity contribution in [3.05, 3.63) is 85.1 Å². The fourth-order valence-corrected chi connectivity index (χ4v) is 11.3. The molecule has 0 fully saturated rings. The van der Waals surface area contributed by atoms with Crippen LogP contribution in [0.25, 0.3) is 0 Å². The van der Waals surface area contributed by atoms with Crippen molar-refractivity contribution in [3.8, 4) is 0 Å². The molecule has 0 aromatic rings. The predicted octanol–water partition coefficient (Wildman–Crippen LogP) is 23.1. The van der Waals surface area contributed by atoms with E-state index in [0.29, 0.717) is 17.4 Å². The molecule has 0 bridgehead atoms. The molecule has 8 nitrogen and oxygen atoms in total. The van der Waals surface area contributed by atoms with Crippen molar-refractivity contribution >= 4 is 13.7 Å². The van der Waals surface area contributed by atoms with Crippen molar-refractivity contribution in [1.82, 2.24) is 5.32 Å². The second kappa shape index (κ2) is 65.1. The van der Waals surface area contributed by atoms with Crippen molar-refractivity contribution in [2.75, 3.05) is 40.9 Å². The summed E-state index contributed by atoms with van der Waals surface area (Å²) in [6.45, 7) is 4.72. The van der Waals surface area contributed by atoms with Gasteiger partial charge in [0.1, 0.15) is 13.2 Å². The van der Waals surface area contributed by atoms with E-state index in [1.165, 1.54) is 244 Å². The Morgan fingerprint density at radius 1 is 0.417 bits per heavy atom. The maximum atomic E-state index is 13.1. The Hall–Kier alpha value is -2.32. The lowest BCUT2D eigenvalue weighted by atomic mass is 10.0. The second-order valence-electron chi connectivity index (χ2n) is 25.6. The highest BCUT2D eigenvalue weighted by molar-refractivity contribution is 7.47. The summed E-state index contributed by atoms with van der Waals surface area (Å²) in [5.74, 6) is -0.183. The number of likely N-dealkylation sites (N-methyl/N-ethyl adjacent to an activating group) is 1. The Bertz CT molecular complexity index is 1650. The summed E-state index contributed by atoms with van der Waals surface area (Å²) in [5.41, 5.74) is 0. The topological polar surface area (TPSA) is 105 Å². The number of nitrogens with zero attached hydrogens (tertiary/aromatic N) is 1. The quantitative estimate of drug-likeness (QED) is 0.0243. The minimum Gasteiger partial charge on any atom is -0.387 e. The fourth-order valence-electron chi connectivity index (χ4n) is 10.6. The number of hydrogen-bond acceptors (Lipinski definition) is 5. The van der Waals surface area contributed by atoms with Crippen LogP contribution in [0.3, 0.4) is 0 Å². The summed E-state index contributed by atoms with van der Waals surface area (Å²) in [5, 5.41) is 14.0. The molecule has 3 N–H and O–H groups in total. The van der Waals surface area contributed by atoms with Gasteiger partial charge in [0.2, 0.25) is 5.91 Å². The predicted molar refractivity (Wildman–Crippen MR) is 369 cm³/mol. The van der Waals surface area contributed by atoms with E-state index in [-0.39, 0.29) is 19.1 Å². The number of rotatable bonds is 66. The molecule has 0 aliphatic carbocycles. The van der Waals surface area contributed by atoms with Gasteiger partial charge in [-0.2, -0.15) is 0 Å². The molecule has 0 aromatic carbocycles. The van der Waals surface area contributed by atoms with Crippen LogP contribution < -0.4 is 5.32 Å². The van der Waals surface area contributed by atoms with Gasteiger partial charge in [-0.25, -0.2) is 4.57 Å². The van der Waals surface area contributed by atoms with E-state index >= 15 is 0 Å². The SMILES string of the molecule is CC/C=C\C/C=C\C/C=C\C/C=C\C/C=C\CCCCCCCCCCCCCCCCCCCCCC(=O)NC(COP(=O)(O)OCC[N+](C)(C)C)C(O)/C=C/CC/C=C/CCCCCCCCCCCCCCCCCCCCCCC. The van der Waals surface area contributed by atoms with Crippen molar-refractivity contribution in [1.29, 1.82) is 0 Å². The molecule has 0 aliphatic heterocycles. The lowest BCUT2D eigenvalue weighted by molar-refractivity contribution is -0.870. The van der Waals surface area contributed by atoms with E-state index in [9.17, 15) is 19.4 Å². The molecule has 0 radical (unpaired) electrons. The summed E-state index contributed by atoms with van der Waals surface area (Å²) in [7, 11) is 1.56. The molecule has 0 aromatic heterocycles. The van der Waals surface area contributed by atoms with E-state index in [1.54, 1.807) is 6.08 Å². The Kier molecular flexibility index (Phi) is 63.3. The number of aliphatic hydroxyl groups is 1. The van der Waals surface area contributed by atoms with Gasteiger partial charge in [-0.05, 0) is 77.0 Å². The lowest BCUT2D eigenvalue weighted by Gasteiger charge is -2.25. The first kappa shape index (κ1) is 81.7. The Morgan fingerprint density at radius 3 is 1.10 bits per heavy atom. The van der Waals surface area contributed by atoms with E-state index in [0.717, 1.165) is 70.6 Å². The molecule has 0 aliphatic rings. The molecule has 84 heavy (non-hydrogen) atoms. The smallest absolute Gasteiger partial charge is 0.387 e. The third-order valence-electron chi connectivity index (χ3n) is 16.1. The second-order valence-corrected chi connectivity index (χ2v) is 27.0. The zero-order valence-corrected chi connectivity index (χ0v) is 57.0. The van der Waals surface area contributed by atoms with E-state index in [1.807, 2.05) is 27.2 Å². The largest absolute Gasteiger partial charge is 0.472 e. The van der Waals surface area contributed by atoms with Gasteiger partial charge < -0.3 is 19.8 Å². The van der Waals surface area contributed by atoms with E-state index in [4.69, 9.17) is 9.05 Å². The highest BCUT2D eigenvalue weighted by Crippen LogP contribution is 2.43. The van der Waals surface area contributed by atoms with Crippen LogP contribution in [0.5, 0.6) is 0 Å². The Balaban J connectivity index is 4.06. The van der Waals surface area contributed by atoms with E-state index in [2.05, 4.69) is 92.1 Å². The number of phosphoric acid groups is 1. The highest BCUT2D eigenvalue weighted by atomic mass is 31.2. The first-order valence-electron chi connectivity index (χ1n) is 36.0. The molecule has 490 valence electrons. The highest BCUT2D eigenvalue weighted by Gasteiger charge is 2.28. The standard InChI is InChI=1S/C75H139N2O6P/c1-6-8-10-12-14-16-18-20-22-24-26-28-30-32-34-35-36-37-38-39-40-41-43-45-47-49-51-53-55-57-59-61-63-65-67-69-75(79)76-73(72-83-84(80,81)82-71-70-77(3,4)5)74(78)68-66-64-62-60-58-56-54-52-50-48-46-44-42-33-31-29-27-25-23-21-19-17-15-13-11-9-7-2/h8,10,14,16,20,22,26,28,32,34,58,60,66,68,73-74,78H,6-7,9,11-13,15,17-19,21,23-25,27,29-31,33,35-57,59,61-65,67,69-72H2,1-5H3,(H-,76,79,80,81)/p+1/b10-8-,16-14-,22-20-,28-26-,34-32-,60-58+,68-66+. The molecule has 0 heterocycles. The van der Waals surface area contributed by atoms with E-state index < -0.39 is 20.0 Å². The van der Waals surface area contributed by atoms with Crippen LogP contribution in [-0.4, -0.2) is 73.4 Å². The van der Waals surface area contributed by atoms with Crippen molar-refractivity contribution < 1.29 is 32.9 Å². The van der Waals surface area contributed by atoms with Gasteiger partial charge in [-0.3, -0.25) is 13.8 Å². The number of allylic oxidation sites excluding steroid dienone is 13. The third kappa shape index (κ3) is 67.2. The summed E-state index contributed by atoms with van der Waals surface area (Å²) in [4.78, 5) is 23.4. The Labute approximate surface area is 522 Å². The van der Waals surface area contributed by atoms with Gasteiger partial charge in [0.05, 0.1) is 39.9 Å². The minimum absolute atomic E-state index is 0.0553. The maximum Gasteiger partial charge on any atom is 0.472 e. The summed E-state index contributed by atoms with van der Waals surface area (Å²) < 4.78 is 23.8. The third-order valence-corrected chi connectivity index (χ3v) is 17.1. The average molecular weight is 1200 g/mol. The number of carbonyl (C=O) groups excluding carboxylic acids is 1. The molecule has 9 heteroatoms. The normalized spacial score (nSPS) is 14.1. The zero-order chi connectivity index (χ0) is 61.2. The van der Waals surface area contributed by atoms with Crippen LogP contribution in [0, 0.1) is 0 Å². The Morgan fingerprint density at radius 2 is 0.726 bits per heavy atom. The van der Waals surface area contributed by atoms with Crippen LogP contribution in [0.15, 0.2) is 85.1 Å². The maximum absolute atomic E-state index is 13.1. The summed E-state index contributed by atoms with van der Waals surface area (Å²) >= 11 is 0. The van der Waals surface area contributed by atoms with Crippen molar-refractivity contribution in [3.63, 3.8) is 0 Å². The molecule has 1 amide bonds. The lowest BCUT2D eigenvalue weighted by Crippen LogP contribution is -2.45. The number of unbranched alkanes of at least 4 members (excludes halogenated alkanes) is 41. The zero-order valence-electron chi connectivity index (χ0n) is 56.1. The van der Waals surface area contributed by atoms with Crippen LogP contribution in [0.2, 0.25) is 0 Å². The van der Waals surface area contributed by atoms with Gasteiger partial charge in [0.25, 0.3) is 0 Å². The minimum atomic E-state index is -4.37. The van der Waals surface area contributed by atoms with Gasteiger partial charge in [0.15, 0.2) is 0 Å². The molecule has 0 saturated carbocycles. The molecular formula is C75H140N2O6P+. The molecule has 3 atom stereocenters. The van der Waals surface area contributed by atoms with Crippen LogP contribution >= 0.6 is 7.82 Å². The number of nitrogens with one attached hydrogen (secondary N) is 1. The van der Waals surface area contributed by atoms with Crippen molar-refractivity contribution in [2.24, 2.45) is 0 Å². The number of hydrogen-bond donors (Lipinski definition) is 3. The van der Waals surface area contributed by atoms with Crippen LogP contribution in [0.4, 0.5) is 0 Å². The molecule has 0 spiro atoms. The summed E-state index contributed by atoms with van der Waals surface area (Å²) in [6.07, 6.45) is 93.2. The van der Waals surface area contributed by atoms with Gasteiger partial charge in [0, 0.05) is 6.42 Å².